The summed E-state index contributed by atoms with van der Waals surface area (Å²) in [5, 5.41) is 0.464. The Morgan fingerprint density at radius 2 is 2.27 bits per heavy atom. The Morgan fingerprint density at radius 3 is 3.04 bits per heavy atom. The molecule has 1 amide bonds. The van der Waals surface area contributed by atoms with E-state index < -0.39 is 0 Å². The van der Waals surface area contributed by atoms with Crippen LogP contribution < -0.4 is 5.73 Å². The third-order valence-electron chi connectivity index (χ3n) is 5.07. The molecule has 0 bridgehead atoms. The number of hydrogen-bond donors (Lipinski definition) is 2. The van der Waals surface area contributed by atoms with Crippen molar-refractivity contribution in [1.82, 2.24) is 19.9 Å². The van der Waals surface area contributed by atoms with Crippen molar-refractivity contribution >= 4 is 33.4 Å². The highest BCUT2D eigenvalue weighted by Gasteiger charge is 2.29. The first-order chi connectivity index (χ1) is 12.6. The van der Waals surface area contributed by atoms with Crippen LogP contribution in [0, 0.1) is 6.92 Å². The average Bonchev–Trinajstić information content (AvgIpc) is 3.25. The molecule has 3 heterocycles. The van der Waals surface area contributed by atoms with Gasteiger partial charge in [-0.2, -0.15) is 0 Å². The summed E-state index contributed by atoms with van der Waals surface area (Å²) in [6.45, 7) is 5.53. The van der Waals surface area contributed by atoms with E-state index in [0.717, 1.165) is 48.4 Å². The lowest BCUT2D eigenvalue weighted by atomic mass is 9.97. The quantitative estimate of drug-likeness (QED) is 0.740. The van der Waals surface area contributed by atoms with Crippen LogP contribution in [0.4, 0.5) is 5.13 Å². The topological polar surface area (TPSA) is 87.9 Å². The van der Waals surface area contributed by atoms with Crippen molar-refractivity contribution < 1.29 is 4.79 Å². The maximum absolute atomic E-state index is 13.0. The van der Waals surface area contributed by atoms with E-state index in [1.165, 1.54) is 16.9 Å². The summed E-state index contributed by atoms with van der Waals surface area (Å²) >= 11 is 1.30. The van der Waals surface area contributed by atoms with Gasteiger partial charge in [0.15, 0.2) is 5.13 Å². The molecule has 1 fully saturated rings. The summed E-state index contributed by atoms with van der Waals surface area (Å²) in [6.07, 6.45) is 2.73. The first-order valence-electron chi connectivity index (χ1n) is 9.06. The van der Waals surface area contributed by atoms with Gasteiger partial charge in [0.25, 0.3) is 5.91 Å². The molecule has 0 aliphatic carbocycles. The fraction of sp³-hybridized carbons (Fsp3) is 0.421. The van der Waals surface area contributed by atoms with E-state index in [-0.39, 0.29) is 11.8 Å². The zero-order valence-corrected chi connectivity index (χ0v) is 15.9. The first-order valence-corrected chi connectivity index (χ1v) is 9.88. The number of imidazole rings is 1. The molecule has 7 heteroatoms. The zero-order valence-electron chi connectivity index (χ0n) is 15.1. The predicted molar refractivity (Wildman–Crippen MR) is 105 cm³/mol. The number of carbonyl (C=O) groups is 1. The summed E-state index contributed by atoms with van der Waals surface area (Å²) in [5.41, 5.74) is 9.88. The second-order valence-electron chi connectivity index (χ2n) is 6.86. The molecule has 6 nitrogen and oxygen atoms in total. The van der Waals surface area contributed by atoms with Crippen molar-refractivity contribution in [2.75, 3.05) is 18.8 Å². The molecule has 1 atom stereocenters. The van der Waals surface area contributed by atoms with E-state index in [0.29, 0.717) is 16.6 Å². The molecule has 1 aliphatic heterocycles. The van der Waals surface area contributed by atoms with E-state index in [1.807, 2.05) is 17.9 Å². The Morgan fingerprint density at radius 1 is 1.42 bits per heavy atom. The number of nitrogens with zero attached hydrogens (tertiary/aromatic N) is 3. The van der Waals surface area contributed by atoms with Crippen LogP contribution in [-0.2, 0) is 6.42 Å². The van der Waals surface area contributed by atoms with Gasteiger partial charge in [0.1, 0.15) is 10.7 Å². The molecule has 0 radical (unpaired) electrons. The summed E-state index contributed by atoms with van der Waals surface area (Å²) in [7, 11) is 0. The highest BCUT2D eigenvalue weighted by molar-refractivity contribution is 7.17. The lowest BCUT2D eigenvalue weighted by Gasteiger charge is -2.31. The Labute approximate surface area is 156 Å². The predicted octanol–water partition coefficient (Wildman–Crippen LogP) is 3.49. The zero-order chi connectivity index (χ0) is 18.3. The first kappa shape index (κ1) is 17.0. The van der Waals surface area contributed by atoms with Crippen molar-refractivity contribution in [3.8, 4) is 0 Å². The fourth-order valence-electron chi connectivity index (χ4n) is 3.69. The number of benzene rings is 1. The van der Waals surface area contributed by atoms with Crippen LogP contribution in [0.2, 0.25) is 0 Å². The van der Waals surface area contributed by atoms with Gasteiger partial charge in [-0.15, -0.1) is 0 Å². The maximum Gasteiger partial charge on any atom is 0.265 e. The number of piperidine rings is 1. The smallest absolute Gasteiger partial charge is 0.265 e. The minimum absolute atomic E-state index is 0.0491. The molecule has 26 heavy (non-hydrogen) atoms. The van der Waals surface area contributed by atoms with Crippen molar-refractivity contribution in [2.45, 2.75) is 39.0 Å². The van der Waals surface area contributed by atoms with Gasteiger partial charge in [-0.1, -0.05) is 30.4 Å². The van der Waals surface area contributed by atoms with Crippen LogP contribution in [0.5, 0.6) is 0 Å². The third-order valence-corrected chi connectivity index (χ3v) is 5.99. The maximum atomic E-state index is 13.0. The number of anilines is 1. The monoisotopic (exact) mass is 369 g/mol. The van der Waals surface area contributed by atoms with Gasteiger partial charge >= 0.3 is 0 Å². The minimum atomic E-state index is 0.0491. The molecule has 1 saturated heterocycles. The molecule has 136 valence electrons. The van der Waals surface area contributed by atoms with Gasteiger partial charge in [-0.25, -0.2) is 9.97 Å². The Bertz CT molecular complexity index is 960. The highest BCUT2D eigenvalue weighted by atomic mass is 32.1. The molecule has 3 N–H and O–H groups in total. The van der Waals surface area contributed by atoms with E-state index in [9.17, 15) is 4.79 Å². The van der Waals surface area contributed by atoms with E-state index in [4.69, 9.17) is 10.7 Å². The highest BCUT2D eigenvalue weighted by Crippen LogP contribution is 2.30. The number of fused-ring (bicyclic) bond motifs is 1. The van der Waals surface area contributed by atoms with Crippen LogP contribution in [0.25, 0.3) is 11.0 Å². The van der Waals surface area contributed by atoms with Crippen molar-refractivity contribution in [2.24, 2.45) is 0 Å². The number of H-pyrrole nitrogens is 1. The normalized spacial score (nSPS) is 17.8. The van der Waals surface area contributed by atoms with Gasteiger partial charge in [0, 0.05) is 19.0 Å². The lowest BCUT2D eigenvalue weighted by Crippen LogP contribution is -2.39. The summed E-state index contributed by atoms with van der Waals surface area (Å²) < 4.78 is 0. The van der Waals surface area contributed by atoms with Crippen LogP contribution in [0.1, 0.15) is 52.4 Å². The Balaban J connectivity index is 1.58. The number of aromatic nitrogens is 3. The average molecular weight is 369 g/mol. The molecule has 3 aromatic rings. The number of nitrogens with one attached hydrogen (secondary N) is 1. The lowest BCUT2D eigenvalue weighted by molar-refractivity contribution is 0.0708. The number of amides is 1. The van der Waals surface area contributed by atoms with Gasteiger partial charge in [-0.3, -0.25) is 4.79 Å². The van der Waals surface area contributed by atoms with E-state index >= 15 is 0 Å². The number of nitrogen functional groups attached to an aromatic ring is 1. The van der Waals surface area contributed by atoms with Gasteiger partial charge in [0.05, 0.1) is 16.7 Å². The van der Waals surface area contributed by atoms with Crippen molar-refractivity contribution in [1.29, 1.82) is 0 Å². The second-order valence-corrected chi connectivity index (χ2v) is 7.90. The molecule has 0 unspecified atom stereocenters. The number of thiazole rings is 1. The largest absolute Gasteiger partial charge is 0.375 e. The molecule has 2 aromatic heterocycles. The number of rotatable bonds is 3. The van der Waals surface area contributed by atoms with E-state index in [1.54, 1.807) is 0 Å². The minimum Gasteiger partial charge on any atom is -0.375 e. The molecule has 4 rings (SSSR count). The molecule has 1 aromatic carbocycles. The number of carbonyl (C=O) groups excluding carboxylic acids is 1. The molecular formula is C19H23N5OS. The third kappa shape index (κ3) is 2.96. The summed E-state index contributed by atoms with van der Waals surface area (Å²) in [6, 6.07) is 6.17. The SMILES string of the molecule is CCc1nc(N)sc1C(=O)N1CCC[C@@H](c2nc3c(C)cccc3[nH]2)C1. The van der Waals surface area contributed by atoms with Crippen LogP contribution in [0.3, 0.4) is 0 Å². The van der Waals surface area contributed by atoms with Crippen molar-refractivity contribution in [3.05, 3.63) is 40.2 Å². The summed E-state index contributed by atoms with van der Waals surface area (Å²) in [5.74, 6) is 1.26. The number of aryl methyl sites for hydroxylation is 2. The fourth-order valence-corrected chi connectivity index (χ4v) is 4.58. The van der Waals surface area contributed by atoms with Gasteiger partial charge in [-0.05, 0) is 37.8 Å². The number of likely N-dealkylation sites (tertiary alicyclic amines) is 1. The van der Waals surface area contributed by atoms with Crippen LogP contribution >= 0.6 is 11.3 Å². The van der Waals surface area contributed by atoms with Crippen LogP contribution in [-0.4, -0.2) is 38.8 Å². The molecular weight excluding hydrogens is 346 g/mol. The summed E-state index contributed by atoms with van der Waals surface area (Å²) in [4.78, 5) is 28.2. The molecule has 1 aliphatic rings. The standard InChI is InChI=1S/C19H23N5OS/c1-3-13-16(26-19(20)22-13)18(25)24-9-5-7-12(10-24)17-21-14-8-4-6-11(2)15(14)23-17/h4,6,8,12H,3,5,7,9-10H2,1-2H3,(H2,20,22)(H,21,23)/t12-/m1/s1. The number of hydrogen-bond acceptors (Lipinski definition) is 5. The second kappa shape index (κ2) is 6.72. The van der Waals surface area contributed by atoms with Gasteiger partial charge < -0.3 is 15.6 Å². The van der Waals surface area contributed by atoms with Crippen molar-refractivity contribution in [3.63, 3.8) is 0 Å². The molecule has 0 saturated carbocycles. The Hall–Kier alpha value is -2.41. The van der Waals surface area contributed by atoms with E-state index in [2.05, 4.69) is 29.0 Å². The number of nitrogens with two attached hydrogens (primary N) is 1. The number of para-hydroxylation sites is 1. The molecule has 0 spiro atoms. The Kier molecular flexibility index (Phi) is 4.40. The van der Waals surface area contributed by atoms with Crippen LogP contribution in [0.15, 0.2) is 18.2 Å². The van der Waals surface area contributed by atoms with Gasteiger partial charge in [0.2, 0.25) is 0 Å². The number of aromatic amines is 1.